The first-order chi connectivity index (χ1) is 11.7. The van der Waals surface area contributed by atoms with Gasteiger partial charge in [-0.1, -0.05) is 12.1 Å². The van der Waals surface area contributed by atoms with E-state index in [-0.39, 0.29) is 30.0 Å². The van der Waals surface area contributed by atoms with Crippen LogP contribution in [0.5, 0.6) is 0 Å². The predicted molar refractivity (Wildman–Crippen MR) is 104 cm³/mol. The highest BCUT2D eigenvalue weighted by molar-refractivity contribution is 14.0. The summed E-state index contributed by atoms with van der Waals surface area (Å²) in [5, 5.41) is 14.2. The summed E-state index contributed by atoms with van der Waals surface area (Å²) >= 11 is 0. The molecule has 0 radical (unpaired) electrons. The van der Waals surface area contributed by atoms with Crippen LogP contribution in [0, 0.1) is 6.92 Å². The molecular weight excluding hydrogens is 460 g/mol. The van der Waals surface area contributed by atoms with Crippen LogP contribution in [0.4, 0.5) is 13.2 Å². The largest absolute Gasteiger partial charge is 0.416 e. The average molecular weight is 482 g/mol. The monoisotopic (exact) mass is 482 g/mol. The number of guanidine groups is 1. The summed E-state index contributed by atoms with van der Waals surface area (Å²) in [5.74, 6) is 1.98. The van der Waals surface area contributed by atoms with E-state index >= 15 is 0 Å². The van der Waals surface area contributed by atoms with E-state index in [9.17, 15) is 13.2 Å². The number of halogens is 4. The molecule has 0 spiro atoms. The Kier molecular flexibility index (Phi) is 7.85. The van der Waals surface area contributed by atoms with Crippen molar-refractivity contribution in [1.82, 2.24) is 25.4 Å². The highest BCUT2D eigenvalue weighted by atomic mass is 127. The molecule has 0 amide bonds. The molecule has 2 N–H and O–H groups in total. The number of nitrogens with one attached hydrogen (secondary N) is 2. The first-order valence-electron chi connectivity index (χ1n) is 7.71. The summed E-state index contributed by atoms with van der Waals surface area (Å²) in [6.07, 6.45) is -4.36. The average Bonchev–Trinajstić information content (AvgIpc) is 2.89. The standard InChI is InChI=1S/C16H21F3N6.HI/c1-10(12-6-5-7-13(8-12)16(17,18)19)22-15(20-3)21-9-14-24-23-11(2)25(14)4;/h5-8,10H,9H2,1-4H3,(H2,20,21,22);1H. The maximum atomic E-state index is 12.8. The number of benzene rings is 1. The molecule has 0 aliphatic heterocycles. The van der Waals surface area contributed by atoms with Gasteiger partial charge >= 0.3 is 6.18 Å². The van der Waals surface area contributed by atoms with Crippen LogP contribution in [0.2, 0.25) is 0 Å². The van der Waals surface area contributed by atoms with Crippen molar-refractivity contribution in [3.63, 3.8) is 0 Å². The van der Waals surface area contributed by atoms with Crippen LogP contribution in [0.1, 0.15) is 35.7 Å². The number of aromatic nitrogens is 3. The van der Waals surface area contributed by atoms with Crippen molar-refractivity contribution in [2.75, 3.05) is 7.05 Å². The third-order valence-electron chi connectivity index (χ3n) is 3.89. The Labute approximate surface area is 167 Å². The summed E-state index contributed by atoms with van der Waals surface area (Å²) in [5.41, 5.74) is -0.150. The van der Waals surface area contributed by atoms with Crippen molar-refractivity contribution in [2.24, 2.45) is 12.0 Å². The smallest absolute Gasteiger partial charge is 0.350 e. The molecule has 2 rings (SSSR count). The summed E-state index contributed by atoms with van der Waals surface area (Å²) in [6, 6.07) is 4.88. The van der Waals surface area contributed by atoms with Crippen LogP contribution in [-0.4, -0.2) is 27.8 Å². The molecule has 144 valence electrons. The first kappa shape index (κ1) is 22.2. The van der Waals surface area contributed by atoms with Crippen molar-refractivity contribution in [2.45, 2.75) is 32.6 Å². The van der Waals surface area contributed by atoms with Crippen molar-refractivity contribution in [3.8, 4) is 0 Å². The van der Waals surface area contributed by atoms with E-state index in [1.165, 1.54) is 6.07 Å². The van der Waals surface area contributed by atoms with Crippen LogP contribution in [0.3, 0.4) is 0 Å². The van der Waals surface area contributed by atoms with Gasteiger partial charge in [0.05, 0.1) is 18.2 Å². The topological polar surface area (TPSA) is 67.1 Å². The third-order valence-corrected chi connectivity index (χ3v) is 3.89. The molecule has 1 aromatic carbocycles. The van der Waals surface area contributed by atoms with Gasteiger partial charge in [-0.15, -0.1) is 34.2 Å². The van der Waals surface area contributed by atoms with E-state index in [2.05, 4.69) is 25.8 Å². The quantitative estimate of drug-likeness (QED) is 0.399. The van der Waals surface area contributed by atoms with E-state index in [0.717, 1.165) is 23.8 Å². The van der Waals surface area contributed by atoms with Gasteiger partial charge in [0.1, 0.15) is 5.82 Å². The lowest BCUT2D eigenvalue weighted by Crippen LogP contribution is -2.38. The van der Waals surface area contributed by atoms with Gasteiger partial charge in [0.15, 0.2) is 11.8 Å². The lowest BCUT2D eigenvalue weighted by Gasteiger charge is -2.19. The molecule has 1 heterocycles. The maximum absolute atomic E-state index is 12.8. The molecule has 10 heteroatoms. The number of aliphatic imine (C=N–C) groups is 1. The summed E-state index contributed by atoms with van der Waals surface area (Å²) < 4.78 is 40.4. The SMILES string of the molecule is CN=C(NCc1nnc(C)n1C)NC(C)c1cccc(C(F)(F)F)c1.I. The zero-order valence-corrected chi connectivity index (χ0v) is 17.3. The van der Waals surface area contributed by atoms with Crippen LogP contribution < -0.4 is 10.6 Å². The van der Waals surface area contributed by atoms with E-state index in [1.54, 1.807) is 20.0 Å². The molecule has 0 fully saturated rings. The fourth-order valence-corrected chi connectivity index (χ4v) is 2.24. The van der Waals surface area contributed by atoms with Gasteiger partial charge in [-0.05, 0) is 31.5 Å². The second-order valence-electron chi connectivity index (χ2n) is 5.64. The first-order valence-corrected chi connectivity index (χ1v) is 7.71. The molecule has 0 bridgehead atoms. The van der Waals surface area contributed by atoms with Crippen molar-refractivity contribution in [1.29, 1.82) is 0 Å². The number of nitrogens with zero attached hydrogens (tertiary/aromatic N) is 4. The molecule has 1 aromatic heterocycles. The Morgan fingerprint density at radius 3 is 2.54 bits per heavy atom. The number of alkyl halides is 3. The second-order valence-corrected chi connectivity index (χ2v) is 5.64. The molecule has 0 aliphatic carbocycles. The normalized spacial score (nSPS) is 13.1. The van der Waals surface area contributed by atoms with E-state index in [4.69, 9.17) is 0 Å². The number of aryl methyl sites for hydroxylation is 1. The zero-order valence-electron chi connectivity index (χ0n) is 14.9. The fourth-order valence-electron chi connectivity index (χ4n) is 2.24. The van der Waals surface area contributed by atoms with Crippen molar-refractivity contribution >= 4 is 29.9 Å². The number of hydrogen-bond acceptors (Lipinski definition) is 3. The van der Waals surface area contributed by atoms with Crippen LogP contribution >= 0.6 is 24.0 Å². The van der Waals surface area contributed by atoms with Crippen molar-refractivity contribution in [3.05, 3.63) is 47.0 Å². The van der Waals surface area contributed by atoms with Crippen LogP contribution in [-0.2, 0) is 19.8 Å². The Balaban J connectivity index is 0.00000338. The van der Waals surface area contributed by atoms with Gasteiger partial charge in [-0.2, -0.15) is 13.2 Å². The van der Waals surface area contributed by atoms with Crippen LogP contribution in [0.15, 0.2) is 29.3 Å². The van der Waals surface area contributed by atoms with E-state index in [1.807, 2.05) is 18.5 Å². The molecule has 26 heavy (non-hydrogen) atoms. The highest BCUT2D eigenvalue weighted by Gasteiger charge is 2.30. The third kappa shape index (κ3) is 5.58. The minimum absolute atomic E-state index is 0. The molecule has 1 unspecified atom stereocenters. The fraction of sp³-hybridized carbons (Fsp3) is 0.438. The number of hydrogen-bond donors (Lipinski definition) is 2. The summed E-state index contributed by atoms with van der Waals surface area (Å²) in [4.78, 5) is 4.09. The van der Waals surface area contributed by atoms with Gasteiger partial charge in [-0.25, -0.2) is 0 Å². The Morgan fingerprint density at radius 1 is 1.31 bits per heavy atom. The maximum Gasteiger partial charge on any atom is 0.416 e. The molecular formula is C16H22F3IN6. The van der Waals surface area contributed by atoms with E-state index in [0.29, 0.717) is 18.1 Å². The Morgan fingerprint density at radius 2 is 2.00 bits per heavy atom. The van der Waals surface area contributed by atoms with Gasteiger partial charge in [0.25, 0.3) is 0 Å². The summed E-state index contributed by atoms with van der Waals surface area (Å²) in [7, 11) is 3.45. The van der Waals surface area contributed by atoms with Gasteiger partial charge < -0.3 is 15.2 Å². The molecule has 2 aromatic rings. The van der Waals surface area contributed by atoms with Gasteiger partial charge in [0, 0.05) is 14.1 Å². The van der Waals surface area contributed by atoms with Crippen molar-refractivity contribution < 1.29 is 13.2 Å². The second kappa shape index (κ2) is 9.19. The minimum atomic E-state index is -4.36. The highest BCUT2D eigenvalue weighted by Crippen LogP contribution is 2.30. The molecule has 0 saturated heterocycles. The van der Waals surface area contributed by atoms with Crippen LogP contribution in [0.25, 0.3) is 0 Å². The van der Waals surface area contributed by atoms with Gasteiger partial charge in [-0.3, -0.25) is 4.99 Å². The van der Waals surface area contributed by atoms with E-state index < -0.39 is 11.7 Å². The molecule has 0 aliphatic rings. The predicted octanol–water partition coefficient (Wildman–Crippen LogP) is 3.19. The summed E-state index contributed by atoms with van der Waals surface area (Å²) in [6.45, 7) is 4.01. The number of rotatable bonds is 4. The van der Waals surface area contributed by atoms with Gasteiger partial charge in [0.2, 0.25) is 0 Å². The molecule has 6 nitrogen and oxygen atoms in total. The Hall–Kier alpha value is -1.85. The zero-order chi connectivity index (χ0) is 18.6. The minimum Gasteiger partial charge on any atom is -0.350 e. The molecule has 0 saturated carbocycles. The lowest BCUT2D eigenvalue weighted by molar-refractivity contribution is -0.137. The lowest BCUT2D eigenvalue weighted by atomic mass is 10.1. The Bertz CT molecular complexity index is 757. The molecule has 1 atom stereocenters.